The summed E-state index contributed by atoms with van der Waals surface area (Å²) in [5.74, 6) is 0.202. The number of carbonyl (C=O) groups excluding carboxylic acids is 1. The van der Waals surface area contributed by atoms with Crippen LogP contribution < -0.4 is 15.9 Å². The Morgan fingerprint density at radius 1 is 0.543 bits per heavy atom. The van der Waals surface area contributed by atoms with Gasteiger partial charge < -0.3 is 0 Å². The highest BCUT2D eigenvalue weighted by atomic mass is 31.2. The second kappa shape index (κ2) is 9.10. The van der Waals surface area contributed by atoms with Crippen molar-refractivity contribution in [3.8, 4) is 11.1 Å². The molecular formula is C33H26OP+. The molecule has 0 amide bonds. The van der Waals surface area contributed by atoms with Gasteiger partial charge in [-0.1, -0.05) is 91.0 Å². The molecule has 0 spiro atoms. The van der Waals surface area contributed by atoms with Crippen LogP contribution in [0.5, 0.6) is 0 Å². The van der Waals surface area contributed by atoms with Crippen LogP contribution in [0.3, 0.4) is 0 Å². The highest BCUT2D eigenvalue weighted by molar-refractivity contribution is 7.96. The van der Waals surface area contributed by atoms with Crippen LogP contribution in [0.25, 0.3) is 11.1 Å². The SMILES string of the molecule is O=C(C[P+](c1ccccc1)(c1ccccc1)c1ccccc1)c1ccc2c(c1)Cc1ccccc1-2. The monoisotopic (exact) mass is 469 g/mol. The molecule has 1 aliphatic rings. The molecule has 0 bridgehead atoms. The van der Waals surface area contributed by atoms with Crippen LogP contribution in [0.4, 0.5) is 0 Å². The summed E-state index contributed by atoms with van der Waals surface area (Å²) < 4.78 is 0. The van der Waals surface area contributed by atoms with Crippen LogP contribution in [-0.2, 0) is 6.42 Å². The third kappa shape index (κ3) is 3.83. The van der Waals surface area contributed by atoms with Gasteiger partial charge in [-0.05, 0) is 71.1 Å². The fourth-order valence-corrected chi connectivity index (χ4v) is 9.49. The molecule has 0 aromatic heterocycles. The minimum atomic E-state index is -2.20. The van der Waals surface area contributed by atoms with Gasteiger partial charge in [0.1, 0.15) is 29.3 Å². The van der Waals surface area contributed by atoms with Gasteiger partial charge in [-0.3, -0.25) is 4.79 Å². The van der Waals surface area contributed by atoms with Crippen molar-refractivity contribution in [1.29, 1.82) is 0 Å². The zero-order chi connectivity index (χ0) is 23.7. The number of carbonyl (C=O) groups is 1. The Morgan fingerprint density at radius 3 is 1.60 bits per heavy atom. The molecule has 0 atom stereocenters. The lowest BCUT2D eigenvalue weighted by molar-refractivity contribution is 0.102. The van der Waals surface area contributed by atoms with Crippen LogP contribution in [0.2, 0.25) is 0 Å². The molecule has 0 saturated heterocycles. The van der Waals surface area contributed by atoms with Crippen LogP contribution in [0.15, 0.2) is 133 Å². The van der Waals surface area contributed by atoms with Gasteiger partial charge in [-0.2, -0.15) is 0 Å². The third-order valence-corrected chi connectivity index (χ3v) is 11.4. The highest BCUT2D eigenvalue weighted by Crippen LogP contribution is 2.55. The van der Waals surface area contributed by atoms with Crippen molar-refractivity contribution in [3.05, 3.63) is 150 Å². The molecule has 0 unspecified atom stereocenters. The summed E-state index contributed by atoms with van der Waals surface area (Å²) in [6, 6.07) is 46.7. The zero-order valence-corrected chi connectivity index (χ0v) is 20.4. The smallest absolute Gasteiger partial charge is 0.201 e. The van der Waals surface area contributed by atoms with Crippen molar-refractivity contribution in [2.45, 2.75) is 6.42 Å². The first-order chi connectivity index (χ1) is 17.3. The molecule has 35 heavy (non-hydrogen) atoms. The number of hydrogen-bond donors (Lipinski definition) is 0. The maximum atomic E-state index is 14.1. The van der Waals surface area contributed by atoms with Crippen molar-refractivity contribution < 1.29 is 4.79 Å². The van der Waals surface area contributed by atoms with Crippen molar-refractivity contribution in [1.82, 2.24) is 0 Å². The molecule has 6 rings (SSSR count). The number of hydrogen-bond acceptors (Lipinski definition) is 1. The van der Waals surface area contributed by atoms with Gasteiger partial charge in [0.2, 0.25) is 5.78 Å². The van der Waals surface area contributed by atoms with E-state index in [1.165, 1.54) is 38.2 Å². The van der Waals surface area contributed by atoms with Gasteiger partial charge in [0.15, 0.2) is 0 Å². The largest absolute Gasteiger partial charge is 0.290 e. The fourth-order valence-electron chi connectivity index (χ4n) is 5.39. The zero-order valence-electron chi connectivity index (χ0n) is 19.5. The molecule has 0 saturated carbocycles. The van der Waals surface area contributed by atoms with Gasteiger partial charge in [0, 0.05) is 5.56 Å². The van der Waals surface area contributed by atoms with E-state index in [1.807, 2.05) is 24.3 Å². The Bertz CT molecular complexity index is 1390. The molecule has 2 heteroatoms. The molecule has 0 N–H and O–H groups in total. The molecule has 168 valence electrons. The van der Waals surface area contributed by atoms with Crippen LogP contribution in [-0.4, -0.2) is 11.9 Å². The number of benzene rings is 5. The molecule has 0 fully saturated rings. The molecule has 0 aliphatic heterocycles. The lowest BCUT2D eigenvalue weighted by Gasteiger charge is -2.27. The summed E-state index contributed by atoms with van der Waals surface area (Å²) in [6.07, 6.45) is 1.36. The van der Waals surface area contributed by atoms with Crippen molar-refractivity contribution >= 4 is 29.0 Å². The van der Waals surface area contributed by atoms with Gasteiger partial charge >= 0.3 is 0 Å². The Balaban J connectivity index is 1.47. The Kier molecular flexibility index (Phi) is 5.64. The lowest BCUT2D eigenvalue weighted by Crippen LogP contribution is -2.35. The maximum Gasteiger partial charge on any atom is 0.201 e. The van der Waals surface area contributed by atoms with Gasteiger partial charge in [-0.25, -0.2) is 0 Å². The summed E-state index contributed by atoms with van der Waals surface area (Å²) in [7, 11) is -2.20. The summed E-state index contributed by atoms with van der Waals surface area (Å²) in [5.41, 5.74) is 5.95. The minimum absolute atomic E-state index is 0.202. The molecule has 5 aromatic carbocycles. The second-order valence-electron chi connectivity index (χ2n) is 9.10. The fraction of sp³-hybridized carbons (Fsp3) is 0.0606. The lowest BCUT2D eigenvalue weighted by atomic mass is 10.0. The Hall–Kier alpha value is -3.80. The quantitative estimate of drug-likeness (QED) is 0.203. The highest BCUT2D eigenvalue weighted by Gasteiger charge is 2.47. The minimum Gasteiger partial charge on any atom is -0.290 e. The number of fused-ring (bicyclic) bond motifs is 3. The molecule has 1 aliphatic carbocycles. The van der Waals surface area contributed by atoms with E-state index < -0.39 is 7.26 Å². The first-order valence-corrected chi connectivity index (χ1v) is 14.0. The van der Waals surface area contributed by atoms with E-state index in [-0.39, 0.29) is 5.78 Å². The van der Waals surface area contributed by atoms with Gasteiger partial charge in [0.25, 0.3) is 0 Å². The third-order valence-electron chi connectivity index (χ3n) is 7.09. The molecule has 0 radical (unpaired) electrons. The van der Waals surface area contributed by atoms with Crippen molar-refractivity contribution in [2.75, 3.05) is 6.16 Å². The summed E-state index contributed by atoms with van der Waals surface area (Å²) in [4.78, 5) is 14.1. The normalized spacial score (nSPS) is 12.1. The average Bonchev–Trinajstić information content (AvgIpc) is 3.31. The number of ketones is 1. The van der Waals surface area contributed by atoms with Crippen LogP contribution in [0.1, 0.15) is 21.5 Å². The molecular weight excluding hydrogens is 443 g/mol. The first-order valence-electron chi connectivity index (χ1n) is 12.0. The molecule has 5 aromatic rings. The van der Waals surface area contributed by atoms with Gasteiger partial charge in [-0.15, -0.1) is 0 Å². The van der Waals surface area contributed by atoms with E-state index in [4.69, 9.17) is 0 Å². The first kappa shape index (κ1) is 21.7. The Morgan fingerprint density at radius 2 is 1.03 bits per heavy atom. The van der Waals surface area contributed by atoms with Gasteiger partial charge in [0.05, 0.1) is 0 Å². The molecule has 1 nitrogen and oxygen atoms in total. The standard InChI is InChI=1S/C33H26OP/c34-33(26-20-21-32-27(23-26)22-25-12-10-11-19-31(25)32)24-35(28-13-4-1-5-14-28,29-15-6-2-7-16-29)30-17-8-3-9-18-30/h1-21,23H,22,24H2/q+1. The number of rotatable bonds is 6. The van der Waals surface area contributed by atoms with E-state index in [0.29, 0.717) is 6.16 Å². The maximum absolute atomic E-state index is 14.1. The average molecular weight is 470 g/mol. The predicted molar refractivity (Wildman–Crippen MR) is 149 cm³/mol. The Labute approximate surface area is 207 Å². The van der Waals surface area contributed by atoms with Crippen LogP contribution in [0, 0.1) is 0 Å². The van der Waals surface area contributed by atoms with E-state index in [1.54, 1.807) is 0 Å². The van der Waals surface area contributed by atoms with E-state index in [9.17, 15) is 4.79 Å². The summed E-state index contributed by atoms with van der Waals surface area (Å²) in [6.45, 7) is 0. The van der Waals surface area contributed by atoms with E-state index >= 15 is 0 Å². The van der Waals surface area contributed by atoms with Crippen LogP contribution >= 0.6 is 7.26 Å². The molecule has 0 heterocycles. The summed E-state index contributed by atoms with van der Waals surface area (Å²) >= 11 is 0. The van der Waals surface area contributed by atoms with E-state index in [0.717, 1.165) is 12.0 Å². The predicted octanol–water partition coefficient (Wildman–Crippen LogP) is 6.43. The summed E-state index contributed by atoms with van der Waals surface area (Å²) in [5, 5.41) is 3.71. The number of Topliss-reactive ketones (excluding diaryl/α,β-unsaturated/α-hetero) is 1. The topological polar surface area (TPSA) is 17.1 Å². The van der Waals surface area contributed by atoms with Crippen molar-refractivity contribution in [2.24, 2.45) is 0 Å². The second-order valence-corrected chi connectivity index (χ2v) is 12.6. The van der Waals surface area contributed by atoms with Crippen molar-refractivity contribution in [3.63, 3.8) is 0 Å². The van der Waals surface area contributed by atoms with E-state index in [2.05, 4.69) is 109 Å².